The number of thiophene rings is 1. The van der Waals surface area contributed by atoms with E-state index in [9.17, 15) is 4.79 Å². The van der Waals surface area contributed by atoms with Crippen LogP contribution in [0, 0.1) is 0 Å². The van der Waals surface area contributed by atoms with E-state index in [1.807, 2.05) is 35.9 Å². The van der Waals surface area contributed by atoms with Gasteiger partial charge >= 0.3 is 0 Å². The van der Waals surface area contributed by atoms with Gasteiger partial charge in [-0.05, 0) is 78.7 Å². The maximum atomic E-state index is 13.8. The first-order valence-electron chi connectivity index (χ1n) is 14.1. The molecule has 10 heteroatoms. The van der Waals surface area contributed by atoms with Crippen LogP contribution in [0.25, 0.3) is 10.9 Å². The van der Waals surface area contributed by atoms with Crippen LogP contribution < -0.4 is 10.3 Å². The minimum absolute atomic E-state index is 0.107. The highest BCUT2D eigenvalue weighted by Gasteiger charge is 2.35. The molecule has 2 fully saturated rings. The van der Waals surface area contributed by atoms with Gasteiger partial charge in [0.05, 0.1) is 18.8 Å². The molecule has 3 aromatic heterocycles. The van der Waals surface area contributed by atoms with Crippen LogP contribution in [0.15, 0.2) is 46.6 Å². The number of fused-ring (bicyclic) bond motifs is 1. The zero-order valence-corrected chi connectivity index (χ0v) is 23.2. The Morgan fingerprint density at radius 3 is 2.85 bits per heavy atom. The summed E-state index contributed by atoms with van der Waals surface area (Å²) in [6.07, 6.45) is 7.84. The molecule has 1 aromatic carbocycles. The summed E-state index contributed by atoms with van der Waals surface area (Å²) in [6.45, 7) is 4.69. The molecule has 0 bridgehead atoms. The first kappa shape index (κ1) is 26.2. The molecular weight excluding hydrogens is 512 g/mol. The molecule has 4 aromatic rings. The van der Waals surface area contributed by atoms with Gasteiger partial charge in [-0.25, -0.2) is 4.68 Å². The van der Waals surface area contributed by atoms with Gasteiger partial charge in [-0.3, -0.25) is 9.69 Å². The predicted octanol–water partition coefficient (Wildman–Crippen LogP) is 5.25. The van der Waals surface area contributed by atoms with E-state index < -0.39 is 6.04 Å². The number of aromatic amines is 1. The van der Waals surface area contributed by atoms with E-state index in [4.69, 9.17) is 9.47 Å². The van der Waals surface area contributed by atoms with Gasteiger partial charge in [-0.15, -0.1) is 16.4 Å². The largest absolute Gasteiger partial charge is 0.494 e. The topological polar surface area (TPSA) is 98.2 Å². The number of benzene rings is 1. The highest BCUT2D eigenvalue weighted by Crippen LogP contribution is 2.35. The molecule has 0 amide bonds. The summed E-state index contributed by atoms with van der Waals surface area (Å²) in [4.78, 5) is 20.5. The molecule has 1 saturated carbocycles. The third kappa shape index (κ3) is 5.78. The van der Waals surface area contributed by atoms with E-state index in [1.54, 1.807) is 11.3 Å². The molecule has 39 heavy (non-hydrogen) atoms. The number of aromatic nitrogens is 5. The fourth-order valence-corrected chi connectivity index (χ4v) is 6.77. The average molecular weight is 549 g/mol. The van der Waals surface area contributed by atoms with E-state index in [0.29, 0.717) is 25.3 Å². The monoisotopic (exact) mass is 548 g/mol. The molecule has 1 N–H and O–H groups in total. The van der Waals surface area contributed by atoms with Crippen LogP contribution >= 0.6 is 11.3 Å². The Morgan fingerprint density at radius 1 is 1.18 bits per heavy atom. The highest BCUT2D eigenvalue weighted by atomic mass is 32.1. The van der Waals surface area contributed by atoms with Gasteiger partial charge in [0.2, 0.25) is 0 Å². The lowest BCUT2D eigenvalue weighted by Gasteiger charge is -2.33. The molecule has 6 rings (SSSR count). The Morgan fingerprint density at radius 2 is 2.08 bits per heavy atom. The van der Waals surface area contributed by atoms with Crippen LogP contribution in [0.3, 0.4) is 0 Å². The van der Waals surface area contributed by atoms with Crippen molar-refractivity contribution in [2.45, 2.75) is 76.6 Å². The number of pyridine rings is 1. The van der Waals surface area contributed by atoms with Gasteiger partial charge < -0.3 is 14.5 Å². The number of nitrogens with one attached hydrogen (secondary N) is 1. The quantitative estimate of drug-likeness (QED) is 0.289. The predicted molar refractivity (Wildman–Crippen MR) is 151 cm³/mol. The van der Waals surface area contributed by atoms with Crippen molar-refractivity contribution in [1.29, 1.82) is 0 Å². The summed E-state index contributed by atoms with van der Waals surface area (Å²) in [6, 6.07) is 11.8. The highest BCUT2D eigenvalue weighted by molar-refractivity contribution is 7.09. The lowest BCUT2D eigenvalue weighted by atomic mass is 9.95. The van der Waals surface area contributed by atoms with E-state index in [0.717, 1.165) is 54.8 Å². The van der Waals surface area contributed by atoms with Crippen LogP contribution in [-0.4, -0.2) is 56.0 Å². The van der Waals surface area contributed by atoms with Crippen molar-refractivity contribution >= 4 is 22.2 Å². The van der Waals surface area contributed by atoms with Crippen molar-refractivity contribution in [3.05, 3.63) is 68.4 Å². The fraction of sp³-hybridized carbons (Fsp3) is 0.517. The second-order valence-corrected chi connectivity index (χ2v) is 11.6. The molecular formula is C29H36N6O3S. The van der Waals surface area contributed by atoms with Gasteiger partial charge in [0.25, 0.3) is 5.56 Å². The Kier molecular flexibility index (Phi) is 8.03. The zero-order valence-electron chi connectivity index (χ0n) is 22.4. The summed E-state index contributed by atoms with van der Waals surface area (Å²) >= 11 is 1.72. The lowest BCUT2D eigenvalue weighted by molar-refractivity contribution is 0.0571. The molecule has 0 radical (unpaired) electrons. The third-order valence-corrected chi connectivity index (χ3v) is 8.76. The molecule has 2 atom stereocenters. The van der Waals surface area contributed by atoms with Crippen LogP contribution in [0.5, 0.6) is 5.75 Å². The number of ether oxygens (including phenoxy) is 2. The minimum atomic E-state index is -0.433. The summed E-state index contributed by atoms with van der Waals surface area (Å²) < 4.78 is 13.9. The molecule has 206 valence electrons. The smallest absolute Gasteiger partial charge is 0.253 e. The van der Waals surface area contributed by atoms with E-state index in [2.05, 4.69) is 42.9 Å². The van der Waals surface area contributed by atoms with Crippen LogP contribution in [-0.2, 0) is 11.3 Å². The zero-order chi connectivity index (χ0) is 26.6. The molecule has 4 heterocycles. The van der Waals surface area contributed by atoms with E-state index in [-0.39, 0.29) is 17.7 Å². The van der Waals surface area contributed by atoms with Crippen LogP contribution in [0.2, 0.25) is 0 Å². The van der Waals surface area contributed by atoms with Crippen molar-refractivity contribution in [2.24, 2.45) is 0 Å². The maximum Gasteiger partial charge on any atom is 0.253 e. The van der Waals surface area contributed by atoms with E-state index >= 15 is 0 Å². The van der Waals surface area contributed by atoms with Gasteiger partial charge in [0.15, 0.2) is 5.82 Å². The Hall–Kier alpha value is -3.08. The fourth-order valence-electron chi connectivity index (χ4n) is 6.04. The first-order chi connectivity index (χ1) is 19.2. The number of H-pyrrole nitrogens is 1. The Bertz CT molecular complexity index is 1420. The number of nitrogens with zero attached hydrogens (tertiary/aromatic N) is 5. The Balaban J connectivity index is 1.49. The maximum absolute atomic E-state index is 13.8. The average Bonchev–Trinajstić information content (AvgIpc) is 3.74. The SMILES string of the molecule is CCOc1ccc2[nH]c(=O)c([C@H](c3nnnn3C3CCCCC3)N(Cc3cccs3)C[C@@H]3CCCO3)cc2c1. The number of hydrogen-bond acceptors (Lipinski definition) is 8. The van der Waals surface area contributed by atoms with Gasteiger partial charge in [0, 0.05) is 41.0 Å². The van der Waals surface area contributed by atoms with Crippen molar-refractivity contribution < 1.29 is 9.47 Å². The van der Waals surface area contributed by atoms with Crippen molar-refractivity contribution in [1.82, 2.24) is 30.1 Å². The lowest BCUT2D eigenvalue weighted by Crippen LogP contribution is -2.39. The second kappa shape index (κ2) is 12.0. The molecule has 0 spiro atoms. The molecule has 1 aliphatic heterocycles. The van der Waals surface area contributed by atoms with Gasteiger partial charge in [-0.1, -0.05) is 25.3 Å². The van der Waals surface area contributed by atoms with Crippen LogP contribution in [0.4, 0.5) is 0 Å². The molecule has 2 aliphatic rings. The normalized spacial score (nSPS) is 19.2. The third-order valence-electron chi connectivity index (χ3n) is 7.90. The standard InChI is InChI=1S/C29H36N6O3S/c1-2-37-22-12-13-26-20(16-22)17-25(29(36)30-26)27(28-31-32-33-35(28)21-8-4-3-5-9-21)34(18-23-10-6-14-38-23)19-24-11-7-15-39-24/h7,11-13,15-17,21,23,27H,2-6,8-10,14,18-19H2,1H3,(H,30,36)/t23-,27+/m0/s1. The summed E-state index contributed by atoms with van der Waals surface area (Å²) in [7, 11) is 0. The van der Waals surface area contributed by atoms with Crippen molar-refractivity contribution in [3.8, 4) is 5.75 Å². The first-order valence-corrected chi connectivity index (χ1v) is 15.0. The van der Waals surface area contributed by atoms with E-state index in [1.165, 1.54) is 24.1 Å². The molecule has 1 aliphatic carbocycles. The van der Waals surface area contributed by atoms with Crippen molar-refractivity contribution in [3.63, 3.8) is 0 Å². The molecule has 9 nitrogen and oxygen atoms in total. The minimum Gasteiger partial charge on any atom is -0.494 e. The van der Waals surface area contributed by atoms with Gasteiger partial charge in [0.1, 0.15) is 11.8 Å². The second-order valence-electron chi connectivity index (χ2n) is 10.6. The number of hydrogen-bond donors (Lipinski definition) is 1. The Labute approximate surface area is 232 Å². The summed E-state index contributed by atoms with van der Waals surface area (Å²) in [5, 5.41) is 16.3. The summed E-state index contributed by atoms with van der Waals surface area (Å²) in [5.74, 6) is 1.50. The van der Waals surface area contributed by atoms with Gasteiger partial charge in [-0.2, -0.15) is 0 Å². The molecule has 1 saturated heterocycles. The number of rotatable bonds is 10. The van der Waals surface area contributed by atoms with Crippen molar-refractivity contribution in [2.75, 3.05) is 19.8 Å². The number of tetrazole rings is 1. The van der Waals surface area contributed by atoms with Crippen LogP contribution in [0.1, 0.15) is 80.2 Å². The molecule has 0 unspecified atom stereocenters. The summed E-state index contributed by atoms with van der Waals surface area (Å²) in [5.41, 5.74) is 1.29.